The Balaban J connectivity index is 1.31. The lowest BCUT2D eigenvalue weighted by Crippen LogP contribution is -2.38. The fourth-order valence-electron chi connectivity index (χ4n) is 3.72. The van der Waals surface area contributed by atoms with E-state index in [1.807, 2.05) is 31.2 Å². The fraction of sp³-hybridized carbons (Fsp3) is 0.526. The summed E-state index contributed by atoms with van der Waals surface area (Å²) in [7, 11) is 0. The van der Waals surface area contributed by atoms with E-state index < -0.39 is 10.5 Å². The molecule has 1 aromatic carbocycles. The molecule has 0 bridgehead atoms. The van der Waals surface area contributed by atoms with Gasteiger partial charge in [-0.25, -0.2) is 0 Å². The van der Waals surface area contributed by atoms with E-state index in [0.717, 1.165) is 37.4 Å². The summed E-state index contributed by atoms with van der Waals surface area (Å²) in [5.41, 5.74) is 0.530. The van der Waals surface area contributed by atoms with Crippen LogP contribution in [0.2, 0.25) is 0 Å². The van der Waals surface area contributed by atoms with Crippen LogP contribution in [-0.4, -0.2) is 51.5 Å². The summed E-state index contributed by atoms with van der Waals surface area (Å²) in [6.07, 6.45) is 3.41. The first-order chi connectivity index (χ1) is 13.5. The Kier molecular flexibility index (Phi) is 4.84. The maximum Gasteiger partial charge on any atom is 0.415 e. The largest absolute Gasteiger partial charge is 0.489 e. The quantitative estimate of drug-likeness (QED) is 0.598. The fourth-order valence-corrected chi connectivity index (χ4v) is 3.72. The number of hydrogen-bond acceptors (Lipinski definition) is 7. The minimum atomic E-state index is -0.623. The molecule has 0 radical (unpaired) electrons. The summed E-state index contributed by atoms with van der Waals surface area (Å²) >= 11 is 0. The van der Waals surface area contributed by atoms with E-state index in [1.165, 1.54) is 6.20 Å². The lowest BCUT2D eigenvalue weighted by atomic mass is 9.97. The molecule has 0 saturated carbocycles. The van der Waals surface area contributed by atoms with Crippen LogP contribution in [0.5, 0.6) is 11.8 Å². The van der Waals surface area contributed by atoms with Crippen LogP contribution in [0.1, 0.15) is 19.8 Å². The smallest absolute Gasteiger partial charge is 0.415 e. The van der Waals surface area contributed by atoms with E-state index in [2.05, 4.69) is 9.88 Å². The predicted octanol–water partition coefficient (Wildman–Crippen LogP) is 2.23. The number of nitrogens with zero attached hydrogens (tertiary/aromatic N) is 4. The first-order valence-electron chi connectivity index (χ1n) is 9.45. The summed E-state index contributed by atoms with van der Waals surface area (Å²) in [6, 6.07) is 8.21. The molecule has 1 fully saturated rings. The van der Waals surface area contributed by atoms with Gasteiger partial charge in [-0.3, -0.25) is 4.57 Å². The van der Waals surface area contributed by atoms with Crippen molar-refractivity contribution in [3.8, 4) is 11.8 Å². The van der Waals surface area contributed by atoms with Crippen LogP contribution in [-0.2, 0) is 6.54 Å². The zero-order chi connectivity index (χ0) is 19.7. The molecule has 1 atom stereocenters. The molecule has 9 heteroatoms. The number of hydrogen-bond donors (Lipinski definition) is 1. The second-order valence-corrected chi connectivity index (χ2v) is 7.71. The zero-order valence-electron chi connectivity index (χ0n) is 15.8. The molecular weight excluding hydrogens is 364 g/mol. The number of benzene rings is 1. The molecule has 2 aliphatic rings. The van der Waals surface area contributed by atoms with Gasteiger partial charge in [0, 0.05) is 30.4 Å². The molecular formula is C19H24N4O5. The van der Waals surface area contributed by atoms with E-state index in [9.17, 15) is 15.2 Å². The van der Waals surface area contributed by atoms with Crippen LogP contribution < -0.4 is 14.4 Å². The molecule has 0 spiro atoms. The van der Waals surface area contributed by atoms with Gasteiger partial charge in [0.25, 0.3) is 0 Å². The molecule has 2 aliphatic heterocycles. The Morgan fingerprint density at radius 2 is 2.07 bits per heavy atom. The minimum Gasteiger partial charge on any atom is -0.489 e. The predicted molar refractivity (Wildman–Crippen MR) is 102 cm³/mol. The van der Waals surface area contributed by atoms with Crippen LogP contribution in [0, 0.1) is 16.0 Å². The van der Waals surface area contributed by atoms with Crippen molar-refractivity contribution >= 4 is 11.5 Å². The van der Waals surface area contributed by atoms with Crippen molar-refractivity contribution < 1.29 is 19.5 Å². The Bertz CT molecular complexity index is 819. The molecule has 1 N–H and O–H groups in total. The van der Waals surface area contributed by atoms with E-state index >= 15 is 0 Å². The topological polar surface area (TPSA) is 103 Å². The second kappa shape index (κ2) is 7.31. The molecule has 0 unspecified atom stereocenters. The van der Waals surface area contributed by atoms with Crippen molar-refractivity contribution in [2.75, 3.05) is 31.2 Å². The number of imidazole rings is 1. The molecule has 1 aromatic heterocycles. The van der Waals surface area contributed by atoms with Crippen LogP contribution in [0.15, 0.2) is 30.5 Å². The molecule has 150 valence electrons. The molecule has 28 heavy (non-hydrogen) atoms. The maximum absolute atomic E-state index is 10.8. The van der Waals surface area contributed by atoms with Crippen molar-refractivity contribution in [3.05, 3.63) is 40.6 Å². The summed E-state index contributed by atoms with van der Waals surface area (Å²) < 4.78 is 13.3. The highest BCUT2D eigenvalue weighted by Crippen LogP contribution is 2.32. The monoisotopic (exact) mass is 388 g/mol. The van der Waals surface area contributed by atoms with Gasteiger partial charge in [0.1, 0.15) is 18.6 Å². The molecule has 9 nitrogen and oxygen atoms in total. The SMILES string of the molecule is C[C@]1(COc2ccc(N3CCC(CO)CC3)cc2)Cn2cc([N+](=O)[O-])nc2O1. The molecule has 0 amide bonds. The molecule has 4 rings (SSSR count). The van der Waals surface area contributed by atoms with Crippen molar-refractivity contribution in [2.24, 2.45) is 5.92 Å². The van der Waals surface area contributed by atoms with Crippen molar-refractivity contribution in [3.63, 3.8) is 0 Å². The molecule has 1 saturated heterocycles. The number of aromatic nitrogens is 2. The van der Waals surface area contributed by atoms with Crippen LogP contribution in [0.4, 0.5) is 11.5 Å². The Morgan fingerprint density at radius 1 is 1.36 bits per heavy atom. The summed E-state index contributed by atoms with van der Waals surface area (Å²) in [5, 5.41) is 20.0. The van der Waals surface area contributed by atoms with Gasteiger partial charge in [-0.1, -0.05) is 0 Å². The highest BCUT2D eigenvalue weighted by molar-refractivity contribution is 5.49. The summed E-state index contributed by atoms with van der Waals surface area (Å²) in [6.45, 7) is 4.83. The third-order valence-electron chi connectivity index (χ3n) is 5.38. The van der Waals surface area contributed by atoms with Crippen LogP contribution in [0.3, 0.4) is 0 Å². The molecule has 3 heterocycles. The number of aliphatic hydroxyl groups is 1. The number of piperidine rings is 1. The average molecular weight is 388 g/mol. The van der Waals surface area contributed by atoms with E-state index in [0.29, 0.717) is 19.1 Å². The van der Waals surface area contributed by atoms with Crippen LogP contribution in [0.25, 0.3) is 0 Å². The Labute approximate surface area is 162 Å². The van der Waals surface area contributed by atoms with Crippen LogP contribution >= 0.6 is 0 Å². The second-order valence-electron chi connectivity index (χ2n) is 7.71. The third kappa shape index (κ3) is 3.75. The van der Waals surface area contributed by atoms with Gasteiger partial charge >= 0.3 is 11.8 Å². The average Bonchev–Trinajstić information content (AvgIpc) is 3.22. The van der Waals surface area contributed by atoms with Crippen molar-refractivity contribution in [1.82, 2.24) is 9.55 Å². The standard InChI is InChI=1S/C19H24N4O5/c1-19(12-22-10-17(23(25)26)20-18(22)28-19)13-27-16-4-2-15(3-5-16)21-8-6-14(11-24)7-9-21/h2-5,10,14,24H,6-9,11-13H2,1H3/t19-/m1/s1. The number of aliphatic hydroxyl groups excluding tert-OH is 1. The minimum absolute atomic E-state index is 0.212. The highest BCUT2D eigenvalue weighted by atomic mass is 16.6. The number of anilines is 1. The van der Waals surface area contributed by atoms with Crippen molar-refractivity contribution in [2.45, 2.75) is 31.9 Å². The maximum atomic E-state index is 10.8. The number of nitro groups is 1. The first kappa shape index (κ1) is 18.5. The Morgan fingerprint density at radius 3 is 2.68 bits per heavy atom. The van der Waals surface area contributed by atoms with Gasteiger partial charge in [-0.15, -0.1) is 0 Å². The van der Waals surface area contributed by atoms with Crippen molar-refractivity contribution in [1.29, 1.82) is 0 Å². The van der Waals surface area contributed by atoms with Gasteiger partial charge in [0.15, 0.2) is 5.60 Å². The van der Waals surface area contributed by atoms with Gasteiger partial charge in [-0.05, 0) is 54.9 Å². The van der Waals surface area contributed by atoms with E-state index in [1.54, 1.807) is 4.57 Å². The molecule has 0 aliphatic carbocycles. The van der Waals surface area contributed by atoms with E-state index in [-0.39, 0.29) is 18.4 Å². The van der Waals surface area contributed by atoms with Gasteiger partial charge in [0.2, 0.25) is 0 Å². The number of fused-ring (bicyclic) bond motifs is 1. The number of rotatable bonds is 6. The highest BCUT2D eigenvalue weighted by Gasteiger charge is 2.41. The number of ether oxygens (including phenoxy) is 2. The normalized spacial score (nSPS) is 22.0. The third-order valence-corrected chi connectivity index (χ3v) is 5.38. The van der Waals surface area contributed by atoms with Gasteiger partial charge in [0.05, 0.1) is 6.54 Å². The Hall–Kier alpha value is -2.81. The lowest BCUT2D eigenvalue weighted by Gasteiger charge is -2.33. The van der Waals surface area contributed by atoms with E-state index in [4.69, 9.17) is 9.47 Å². The van der Waals surface area contributed by atoms with Gasteiger partial charge < -0.3 is 29.6 Å². The zero-order valence-corrected chi connectivity index (χ0v) is 15.8. The van der Waals surface area contributed by atoms with Gasteiger partial charge in [-0.2, -0.15) is 0 Å². The summed E-state index contributed by atoms with van der Waals surface area (Å²) in [5.74, 6) is 0.952. The first-order valence-corrected chi connectivity index (χ1v) is 9.45. The summed E-state index contributed by atoms with van der Waals surface area (Å²) in [4.78, 5) is 16.5. The lowest BCUT2D eigenvalue weighted by molar-refractivity contribution is -0.389. The molecule has 2 aromatic rings.